The van der Waals surface area contributed by atoms with E-state index in [1.165, 1.54) is 11.1 Å². The maximum absolute atomic E-state index is 13.1. The topological polar surface area (TPSA) is 84.2 Å². The van der Waals surface area contributed by atoms with Crippen LogP contribution in [0.2, 0.25) is 0 Å². The van der Waals surface area contributed by atoms with Crippen LogP contribution in [0.1, 0.15) is 36.4 Å². The largest absolute Gasteiger partial charge is 0.356 e. The molecule has 7 heteroatoms. The Kier molecular flexibility index (Phi) is 5.74. The number of hydrogen-bond acceptors (Lipinski definition) is 6. The number of anilines is 1. The molecule has 6 rings (SSSR count). The van der Waals surface area contributed by atoms with E-state index < -0.39 is 0 Å². The van der Waals surface area contributed by atoms with Crippen molar-refractivity contribution < 1.29 is 9.32 Å². The van der Waals surface area contributed by atoms with Crippen LogP contribution in [0.25, 0.3) is 22.8 Å². The van der Waals surface area contributed by atoms with Crippen LogP contribution in [0.5, 0.6) is 0 Å². The van der Waals surface area contributed by atoms with Crippen molar-refractivity contribution in [3.05, 3.63) is 84.1 Å². The van der Waals surface area contributed by atoms with E-state index in [0.29, 0.717) is 11.7 Å². The summed E-state index contributed by atoms with van der Waals surface area (Å²) in [4.78, 5) is 24.5. The van der Waals surface area contributed by atoms with Crippen molar-refractivity contribution >= 4 is 11.7 Å². The lowest BCUT2D eigenvalue weighted by Crippen LogP contribution is -2.41. The standard InChI is InChI=1S/C28H27N5O2/c34-27(30-24-13-12-19-7-4-5-10-22(19)24)21-14-17-33(18-15-21)26-23(11-6-16-29-26)28-31-25(32-35-28)20-8-2-1-3-9-20/h1-11,16,21,24H,12-15,17-18H2,(H,30,34). The molecule has 1 aliphatic carbocycles. The molecule has 7 nitrogen and oxygen atoms in total. The number of amides is 1. The number of nitrogens with zero attached hydrogens (tertiary/aromatic N) is 4. The maximum Gasteiger partial charge on any atom is 0.261 e. The minimum atomic E-state index is 0.0132. The summed E-state index contributed by atoms with van der Waals surface area (Å²) in [5, 5.41) is 7.47. The van der Waals surface area contributed by atoms with Gasteiger partial charge in [0.25, 0.3) is 5.89 Å². The van der Waals surface area contributed by atoms with Gasteiger partial charge in [0.1, 0.15) is 5.82 Å². The molecule has 4 aromatic rings. The van der Waals surface area contributed by atoms with E-state index in [0.717, 1.165) is 55.7 Å². The number of benzene rings is 2. The molecule has 0 spiro atoms. The number of rotatable bonds is 5. The molecule has 1 unspecified atom stereocenters. The van der Waals surface area contributed by atoms with E-state index >= 15 is 0 Å². The van der Waals surface area contributed by atoms with Gasteiger partial charge in [-0.1, -0.05) is 59.8 Å². The number of aryl methyl sites for hydroxylation is 1. The highest BCUT2D eigenvalue weighted by molar-refractivity contribution is 5.80. The highest BCUT2D eigenvalue weighted by Gasteiger charge is 2.30. The number of fused-ring (bicyclic) bond motifs is 1. The van der Waals surface area contributed by atoms with Crippen molar-refractivity contribution in [2.45, 2.75) is 31.7 Å². The Labute approximate surface area is 204 Å². The molecule has 1 fully saturated rings. The number of hydrogen-bond donors (Lipinski definition) is 1. The second-order valence-corrected chi connectivity index (χ2v) is 9.22. The van der Waals surface area contributed by atoms with Crippen LogP contribution in [-0.4, -0.2) is 34.1 Å². The van der Waals surface area contributed by atoms with Crippen molar-refractivity contribution in [2.24, 2.45) is 5.92 Å². The molecule has 2 aliphatic rings. The lowest BCUT2D eigenvalue weighted by atomic mass is 9.95. The van der Waals surface area contributed by atoms with Gasteiger partial charge in [0.05, 0.1) is 11.6 Å². The number of nitrogens with one attached hydrogen (secondary N) is 1. The van der Waals surface area contributed by atoms with Crippen LogP contribution < -0.4 is 10.2 Å². The smallest absolute Gasteiger partial charge is 0.261 e. The minimum Gasteiger partial charge on any atom is -0.356 e. The van der Waals surface area contributed by atoms with E-state index in [-0.39, 0.29) is 17.9 Å². The Morgan fingerprint density at radius 1 is 0.943 bits per heavy atom. The SMILES string of the molecule is O=C(NC1CCc2ccccc21)C1CCN(c2ncccc2-c2nc(-c3ccccc3)no2)CC1. The fraction of sp³-hybridized carbons (Fsp3) is 0.286. The first-order chi connectivity index (χ1) is 17.3. The average Bonchev–Trinajstić information content (AvgIpc) is 3.57. The summed E-state index contributed by atoms with van der Waals surface area (Å²) in [6.45, 7) is 1.51. The second-order valence-electron chi connectivity index (χ2n) is 9.22. The van der Waals surface area contributed by atoms with Crippen LogP contribution in [0, 0.1) is 5.92 Å². The average molecular weight is 466 g/mol. The van der Waals surface area contributed by atoms with E-state index in [4.69, 9.17) is 4.52 Å². The molecule has 3 heterocycles. The first kappa shape index (κ1) is 21.5. The normalized spacial score (nSPS) is 17.8. The number of carbonyl (C=O) groups is 1. The predicted octanol–water partition coefficient (Wildman–Crippen LogP) is 4.82. The monoisotopic (exact) mass is 465 g/mol. The molecule has 0 saturated carbocycles. The van der Waals surface area contributed by atoms with Crippen LogP contribution in [0.15, 0.2) is 77.4 Å². The Balaban J connectivity index is 1.13. The van der Waals surface area contributed by atoms with Gasteiger partial charge in [-0.2, -0.15) is 4.98 Å². The van der Waals surface area contributed by atoms with Crippen molar-refractivity contribution in [3.63, 3.8) is 0 Å². The second kappa shape index (κ2) is 9.33. The van der Waals surface area contributed by atoms with Gasteiger partial charge in [0, 0.05) is 30.8 Å². The van der Waals surface area contributed by atoms with Crippen molar-refractivity contribution in [2.75, 3.05) is 18.0 Å². The molecule has 1 amide bonds. The van der Waals surface area contributed by atoms with Crippen LogP contribution in [0.3, 0.4) is 0 Å². The van der Waals surface area contributed by atoms with Gasteiger partial charge in [0.2, 0.25) is 11.7 Å². The first-order valence-electron chi connectivity index (χ1n) is 12.2. The lowest BCUT2D eigenvalue weighted by Gasteiger charge is -2.33. The van der Waals surface area contributed by atoms with Gasteiger partial charge in [-0.05, 0) is 48.9 Å². The Morgan fingerprint density at radius 3 is 2.60 bits per heavy atom. The molecule has 0 bridgehead atoms. The summed E-state index contributed by atoms with van der Waals surface area (Å²) in [5.41, 5.74) is 4.34. The van der Waals surface area contributed by atoms with Gasteiger partial charge >= 0.3 is 0 Å². The Morgan fingerprint density at radius 2 is 1.74 bits per heavy atom. The van der Waals surface area contributed by atoms with Crippen molar-refractivity contribution in [1.29, 1.82) is 0 Å². The van der Waals surface area contributed by atoms with E-state index in [2.05, 4.69) is 49.6 Å². The van der Waals surface area contributed by atoms with E-state index in [9.17, 15) is 4.79 Å². The van der Waals surface area contributed by atoms with Crippen LogP contribution in [0.4, 0.5) is 5.82 Å². The molecule has 2 aromatic heterocycles. The third kappa shape index (κ3) is 4.30. The summed E-state index contributed by atoms with van der Waals surface area (Å²) < 4.78 is 5.61. The quantitative estimate of drug-likeness (QED) is 0.455. The number of aromatic nitrogens is 3. The Hall–Kier alpha value is -4.00. The minimum absolute atomic E-state index is 0.0132. The van der Waals surface area contributed by atoms with Gasteiger partial charge in [0.15, 0.2) is 0 Å². The van der Waals surface area contributed by atoms with E-state index in [1.54, 1.807) is 6.20 Å². The third-order valence-corrected chi connectivity index (χ3v) is 7.09. The van der Waals surface area contributed by atoms with Gasteiger partial charge in [-0.25, -0.2) is 4.98 Å². The Bertz CT molecular complexity index is 1330. The number of carbonyl (C=O) groups excluding carboxylic acids is 1. The molecule has 1 aliphatic heterocycles. The molecule has 1 N–H and O–H groups in total. The third-order valence-electron chi connectivity index (χ3n) is 7.09. The summed E-state index contributed by atoms with van der Waals surface area (Å²) in [5.74, 6) is 2.00. The van der Waals surface area contributed by atoms with Gasteiger partial charge in [-0.15, -0.1) is 0 Å². The van der Waals surface area contributed by atoms with Crippen LogP contribution in [-0.2, 0) is 11.2 Å². The zero-order chi connectivity index (χ0) is 23.6. The van der Waals surface area contributed by atoms with Crippen LogP contribution >= 0.6 is 0 Å². The number of piperidine rings is 1. The molecule has 35 heavy (non-hydrogen) atoms. The van der Waals surface area contributed by atoms with Gasteiger partial charge in [-0.3, -0.25) is 4.79 Å². The van der Waals surface area contributed by atoms with E-state index in [1.807, 2.05) is 42.5 Å². The summed E-state index contributed by atoms with van der Waals surface area (Å²) in [7, 11) is 0. The molecular weight excluding hydrogens is 438 g/mol. The fourth-order valence-corrected chi connectivity index (χ4v) is 5.20. The highest BCUT2D eigenvalue weighted by Crippen LogP contribution is 2.34. The first-order valence-corrected chi connectivity index (χ1v) is 12.2. The summed E-state index contributed by atoms with van der Waals surface area (Å²) in [6.07, 6.45) is 5.37. The molecular formula is C28H27N5O2. The lowest BCUT2D eigenvalue weighted by molar-refractivity contribution is -0.126. The molecule has 1 saturated heterocycles. The maximum atomic E-state index is 13.1. The van der Waals surface area contributed by atoms with Crippen molar-refractivity contribution in [1.82, 2.24) is 20.4 Å². The van der Waals surface area contributed by atoms with Gasteiger partial charge < -0.3 is 14.7 Å². The molecule has 0 radical (unpaired) electrons. The zero-order valence-electron chi connectivity index (χ0n) is 19.4. The highest BCUT2D eigenvalue weighted by atomic mass is 16.5. The number of pyridine rings is 1. The zero-order valence-corrected chi connectivity index (χ0v) is 19.4. The summed E-state index contributed by atoms with van der Waals surface area (Å²) >= 11 is 0. The molecule has 1 atom stereocenters. The predicted molar refractivity (Wildman–Crippen MR) is 134 cm³/mol. The van der Waals surface area contributed by atoms with Crippen molar-refractivity contribution in [3.8, 4) is 22.8 Å². The summed E-state index contributed by atoms with van der Waals surface area (Å²) in [6, 6.07) is 22.2. The molecule has 2 aromatic carbocycles. The molecule has 176 valence electrons. The fourth-order valence-electron chi connectivity index (χ4n) is 5.20.